The van der Waals surface area contributed by atoms with Crippen LogP contribution in [-0.4, -0.2) is 24.1 Å². The molecular weight excluding hydrogens is 447 g/mol. The monoisotopic (exact) mass is 472 g/mol. The fourth-order valence-corrected chi connectivity index (χ4v) is 3.42. The van der Waals surface area contributed by atoms with Crippen LogP contribution in [0.25, 0.3) is 0 Å². The summed E-state index contributed by atoms with van der Waals surface area (Å²) in [7, 11) is 1.78. The van der Waals surface area contributed by atoms with Crippen LogP contribution in [-0.2, 0) is 13.1 Å². The zero-order chi connectivity index (χ0) is 16.6. The first-order chi connectivity index (χ1) is 11.8. The van der Waals surface area contributed by atoms with Crippen molar-refractivity contribution in [1.29, 1.82) is 0 Å². The molecule has 0 aromatic carbocycles. The van der Waals surface area contributed by atoms with Crippen molar-refractivity contribution in [3.63, 3.8) is 0 Å². The number of aromatic nitrogens is 1. The SMILES string of the molecule is CN=C(NCc1ccc(OC2CCCC2)nc1)NCc1ccsc1.I. The van der Waals surface area contributed by atoms with Crippen LogP contribution in [0.3, 0.4) is 0 Å². The first kappa shape index (κ1) is 20.0. The molecule has 2 heterocycles. The Morgan fingerprint density at radius 3 is 2.56 bits per heavy atom. The molecule has 2 aromatic heterocycles. The molecule has 0 aliphatic heterocycles. The lowest BCUT2D eigenvalue weighted by molar-refractivity contribution is 0.201. The molecule has 2 N–H and O–H groups in total. The Balaban J connectivity index is 0.00000225. The average molecular weight is 472 g/mol. The third-order valence-electron chi connectivity index (χ3n) is 4.11. The van der Waals surface area contributed by atoms with Gasteiger partial charge in [-0.3, -0.25) is 4.99 Å². The molecule has 1 aliphatic carbocycles. The van der Waals surface area contributed by atoms with Crippen molar-refractivity contribution in [1.82, 2.24) is 15.6 Å². The third kappa shape index (κ3) is 6.47. The quantitative estimate of drug-likeness (QED) is 0.380. The standard InChI is InChI=1S/C18H24N4OS.HI/c1-19-18(22-12-15-8-9-24-13-15)21-11-14-6-7-17(20-10-14)23-16-4-2-3-5-16;/h6-10,13,16H,2-5,11-12H2,1H3,(H2,19,21,22);1H. The number of pyridine rings is 1. The predicted octanol–water partition coefficient (Wildman–Crippen LogP) is 3.95. The van der Waals surface area contributed by atoms with Crippen LogP contribution < -0.4 is 15.4 Å². The van der Waals surface area contributed by atoms with Gasteiger partial charge in [-0.15, -0.1) is 24.0 Å². The molecule has 0 bridgehead atoms. The van der Waals surface area contributed by atoms with Crippen molar-refractivity contribution in [3.8, 4) is 5.88 Å². The van der Waals surface area contributed by atoms with Crippen molar-refractivity contribution in [2.45, 2.75) is 44.9 Å². The molecule has 0 unspecified atom stereocenters. The maximum Gasteiger partial charge on any atom is 0.213 e. The van der Waals surface area contributed by atoms with Crippen LogP contribution in [0.1, 0.15) is 36.8 Å². The van der Waals surface area contributed by atoms with Crippen molar-refractivity contribution < 1.29 is 4.74 Å². The highest BCUT2D eigenvalue weighted by Crippen LogP contribution is 2.22. The maximum atomic E-state index is 5.89. The minimum atomic E-state index is 0. The Morgan fingerprint density at radius 1 is 1.20 bits per heavy atom. The second-order valence-electron chi connectivity index (χ2n) is 5.94. The summed E-state index contributed by atoms with van der Waals surface area (Å²) in [6.45, 7) is 1.45. The number of nitrogens with zero attached hydrogens (tertiary/aromatic N) is 2. The summed E-state index contributed by atoms with van der Waals surface area (Å²) in [4.78, 5) is 8.65. The van der Waals surface area contributed by atoms with Crippen molar-refractivity contribution in [2.24, 2.45) is 4.99 Å². The highest BCUT2D eigenvalue weighted by molar-refractivity contribution is 14.0. The van der Waals surface area contributed by atoms with Gasteiger partial charge in [0.1, 0.15) is 6.10 Å². The van der Waals surface area contributed by atoms with Gasteiger partial charge < -0.3 is 15.4 Å². The van der Waals surface area contributed by atoms with E-state index in [-0.39, 0.29) is 24.0 Å². The summed E-state index contributed by atoms with van der Waals surface area (Å²) in [5.41, 5.74) is 2.37. The number of rotatable bonds is 6. The molecule has 0 atom stereocenters. The van der Waals surface area contributed by atoms with Gasteiger partial charge in [0.2, 0.25) is 5.88 Å². The Bertz CT molecular complexity index is 640. The smallest absolute Gasteiger partial charge is 0.213 e. The molecule has 136 valence electrons. The number of halogens is 1. The average Bonchev–Trinajstić information content (AvgIpc) is 3.30. The van der Waals surface area contributed by atoms with E-state index in [1.165, 1.54) is 18.4 Å². The van der Waals surface area contributed by atoms with E-state index >= 15 is 0 Å². The summed E-state index contributed by atoms with van der Waals surface area (Å²) in [5.74, 6) is 1.51. The number of ether oxygens (including phenoxy) is 1. The number of aliphatic imine (C=N–C) groups is 1. The van der Waals surface area contributed by atoms with Crippen LogP contribution in [0.15, 0.2) is 40.1 Å². The molecule has 5 nitrogen and oxygen atoms in total. The van der Waals surface area contributed by atoms with Crippen LogP contribution in [0.2, 0.25) is 0 Å². The van der Waals surface area contributed by atoms with Gasteiger partial charge in [-0.05, 0) is 53.6 Å². The molecule has 0 radical (unpaired) electrons. The summed E-state index contributed by atoms with van der Waals surface area (Å²) >= 11 is 1.70. The van der Waals surface area contributed by atoms with E-state index in [9.17, 15) is 0 Å². The maximum absolute atomic E-state index is 5.89. The Kier molecular flexibility index (Phi) is 8.47. The molecule has 0 saturated heterocycles. The van der Waals surface area contributed by atoms with Crippen molar-refractivity contribution >= 4 is 41.3 Å². The van der Waals surface area contributed by atoms with Gasteiger partial charge in [-0.1, -0.05) is 6.07 Å². The number of hydrogen-bond donors (Lipinski definition) is 2. The fraction of sp³-hybridized carbons (Fsp3) is 0.444. The predicted molar refractivity (Wildman–Crippen MR) is 114 cm³/mol. The van der Waals surface area contributed by atoms with E-state index in [2.05, 4.69) is 43.5 Å². The first-order valence-electron chi connectivity index (χ1n) is 8.40. The van der Waals surface area contributed by atoms with Gasteiger partial charge in [0.05, 0.1) is 0 Å². The van der Waals surface area contributed by atoms with E-state index in [1.54, 1.807) is 18.4 Å². The Morgan fingerprint density at radius 2 is 1.96 bits per heavy atom. The number of nitrogens with one attached hydrogen (secondary N) is 2. The van der Waals surface area contributed by atoms with E-state index in [0.29, 0.717) is 12.6 Å². The summed E-state index contributed by atoms with van der Waals surface area (Å²) in [6.07, 6.45) is 7.05. The lowest BCUT2D eigenvalue weighted by Crippen LogP contribution is -2.36. The number of hydrogen-bond acceptors (Lipinski definition) is 4. The molecule has 0 amide bonds. The van der Waals surface area contributed by atoms with Gasteiger partial charge in [0, 0.05) is 32.4 Å². The molecule has 1 fully saturated rings. The summed E-state index contributed by atoms with van der Waals surface area (Å²) in [5, 5.41) is 10.8. The molecule has 2 aromatic rings. The van der Waals surface area contributed by atoms with Gasteiger partial charge in [0.25, 0.3) is 0 Å². The van der Waals surface area contributed by atoms with Gasteiger partial charge in [-0.2, -0.15) is 11.3 Å². The van der Waals surface area contributed by atoms with E-state index in [0.717, 1.165) is 36.8 Å². The van der Waals surface area contributed by atoms with Gasteiger partial charge in [-0.25, -0.2) is 4.98 Å². The first-order valence-corrected chi connectivity index (χ1v) is 9.35. The minimum Gasteiger partial charge on any atom is -0.474 e. The summed E-state index contributed by atoms with van der Waals surface area (Å²) < 4.78 is 5.89. The zero-order valence-corrected chi connectivity index (χ0v) is 17.6. The van der Waals surface area contributed by atoms with E-state index in [4.69, 9.17) is 4.74 Å². The zero-order valence-electron chi connectivity index (χ0n) is 14.4. The highest BCUT2D eigenvalue weighted by atomic mass is 127. The normalized spacial score (nSPS) is 14.8. The van der Waals surface area contributed by atoms with Gasteiger partial charge >= 0.3 is 0 Å². The lowest BCUT2D eigenvalue weighted by Gasteiger charge is -2.13. The Labute approximate surface area is 170 Å². The lowest BCUT2D eigenvalue weighted by atomic mass is 10.3. The molecule has 7 heteroatoms. The van der Waals surface area contributed by atoms with E-state index < -0.39 is 0 Å². The topological polar surface area (TPSA) is 58.5 Å². The second kappa shape index (κ2) is 10.6. The van der Waals surface area contributed by atoms with Crippen LogP contribution in [0, 0.1) is 0 Å². The molecule has 1 aliphatic rings. The van der Waals surface area contributed by atoms with Crippen LogP contribution >= 0.6 is 35.3 Å². The third-order valence-corrected chi connectivity index (χ3v) is 4.84. The van der Waals surface area contributed by atoms with E-state index in [1.807, 2.05) is 12.3 Å². The Hall–Kier alpha value is -1.35. The molecular formula is C18H25IN4OS. The molecule has 0 spiro atoms. The highest BCUT2D eigenvalue weighted by Gasteiger charge is 2.16. The molecule has 1 saturated carbocycles. The van der Waals surface area contributed by atoms with Crippen LogP contribution in [0.4, 0.5) is 0 Å². The number of thiophene rings is 1. The van der Waals surface area contributed by atoms with Crippen molar-refractivity contribution in [2.75, 3.05) is 7.05 Å². The summed E-state index contributed by atoms with van der Waals surface area (Å²) in [6, 6.07) is 6.12. The molecule has 25 heavy (non-hydrogen) atoms. The van der Waals surface area contributed by atoms with Gasteiger partial charge in [0.15, 0.2) is 5.96 Å². The minimum absolute atomic E-state index is 0. The van der Waals surface area contributed by atoms with Crippen molar-refractivity contribution in [3.05, 3.63) is 46.3 Å². The number of guanidine groups is 1. The largest absolute Gasteiger partial charge is 0.474 e. The van der Waals surface area contributed by atoms with Crippen LogP contribution in [0.5, 0.6) is 5.88 Å². The molecule has 3 rings (SSSR count). The fourth-order valence-electron chi connectivity index (χ4n) is 2.75. The second-order valence-corrected chi connectivity index (χ2v) is 6.72.